The average Bonchev–Trinajstić information content (AvgIpc) is 2.67. The maximum atomic E-state index is 12.2. The van der Waals surface area contributed by atoms with Crippen molar-refractivity contribution in [3.63, 3.8) is 0 Å². The monoisotopic (exact) mass is 448 g/mol. The molecule has 1 atom stereocenters. The number of amides is 1. The molecular formula is C22H25ClN2O4S. The molecule has 0 heterocycles. The van der Waals surface area contributed by atoms with Gasteiger partial charge in [0.25, 0.3) is 5.91 Å². The van der Waals surface area contributed by atoms with Crippen molar-refractivity contribution in [1.82, 2.24) is 5.43 Å². The molecule has 0 saturated carbocycles. The van der Waals surface area contributed by atoms with Gasteiger partial charge in [-0.1, -0.05) is 11.6 Å². The van der Waals surface area contributed by atoms with Crippen molar-refractivity contribution in [3.8, 4) is 5.75 Å². The van der Waals surface area contributed by atoms with E-state index in [1.54, 1.807) is 64.1 Å². The minimum Gasteiger partial charge on any atom is -0.482 e. The van der Waals surface area contributed by atoms with Crippen LogP contribution in [-0.4, -0.2) is 35.5 Å². The van der Waals surface area contributed by atoms with E-state index >= 15 is 0 Å². The van der Waals surface area contributed by atoms with Crippen LogP contribution in [0.3, 0.4) is 0 Å². The summed E-state index contributed by atoms with van der Waals surface area (Å²) in [7, 11) is 0. The van der Waals surface area contributed by atoms with E-state index in [4.69, 9.17) is 21.1 Å². The molecule has 0 radical (unpaired) electrons. The molecule has 0 spiro atoms. The third-order valence-corrected chi connectivity index (χ3v) is 4.90. The number of rotatable bonds is 8. The number of carbonyl (C=O) groups is 2. The molecular weight excluding hydrogens is 424 g/mol. The van der Waals surface area contributed by atoms with Crippen LogP contribution in [0, 0.1) is 0 Å². The van der Waals surface area contributed by atoms with Crippen molar-refractivity contribution in [2.24, 2.45) is 5.10 Å². The first kappa shape index (κ1) is 23.8. The number of esters is 1. The van der Waals surface area contributed by atoms with Crippen molar-refractivity contribution < 1.29 is 19.1 Å². The summed E-state index contributed by atoms with van der Waals surface area (Å²) in [5.74, 6) is -0.0972. The molecule has 2 rings (SSSR count). The number of hydrogen-bond acceptors (Lipinski definition) is 6. The van der Waals surface area contributed by atoms with Crippen molar-refractivity contribution in [2.75, 3.05) is 6.61 Å². The van der Waals surface area contributed by atoms with Gasteiger partial charge in [-0.25, -0.2) is 10.2 Å². The van der Waals surface area contributed by atoms with E-state index in [1.165, 1.54) is 18.0 Å². The second-order valence-electron chi connectivity index (χ2n) is 7.39. The molecule has 0 saturated heterocycles. The Labute approximate surface area is 186 Å². The van der Waals surface area contributed by atoms with Crippen LogP contribution in [0.1, 0.15) is 33.3 Å². The number of halogens is 1. The Bertz CT molecular complexity index is 878. The number of hydrazone groups is 1. The highest BCUT2D eigenvalue weighted by molar-refractivity contribution is 8.00. The standard InChI is InChI=1S/C22H25ClN2O4S/c1-15(30-19-11-7-17(23)8-12-19)21(27)25-24-13-16-5-9-18(10-6-16)28-14-20(26)29-22(2,3)4/h5-13,15H,14H2,1-4H3,(H,25,27)/b24-13-/t15-/m1/s1. The van der Waals surface area contributed by atoms with Gasteiger partial charge in [0.05, 0.1) is 11.5 Å². The van der Waals surface area contributed by atoms with E-state index in [-0.39, 0.29) is 17.8 Å². The van der Waals surface area contributed by atoms with Gasteiger partial charge in [0, 0.05) is 9.92 Å². The minimum absolute atomic E-state index is 0.163. The molecule has 0 fully saturated rings. The summed E-state index contributed by atoms with van der Waals surface area (Å²) in [5.41, 5.74) is 2.76. The molecule has 1 amide bonds. The molecule has 0 aliphatic rings. The van der Waals surface area contributed by atoms with Gasteiger partial charge in [-0.3, -0.25) is 4.79 Å². The number of thioether (sulfide) groups is 1. The second kappa shape index (κ2) is 11.0. The molecule has 0 aromatic heterocycles. The van der Waals surface area contributed by atoms with E-state index in [0.717, 1.165) is 10.5 Å². The molecule has 30 heavy (non-hydrogen) atoms. The molecule has 2 aromatic carbocycles. The van der Waals surface area contributed by atoms with Gasteiger partial charge in [0.1, 0.15) is 11.4 Å². The van der Waals surface area contributed by atoms with Crippen LogP contribution >= 0.6 is 23.4 Å². The summed E-state index contributed by atoms with van der Waals surface area (Å²) in [6, 6.07) is 14.3. The zero-order valence-corrected chi connectivity index (χ0v) is 18.9. The molecule has 8 heteroatoms. The summed E-state index contributed by atoms with van der Waals surface area (Å²) in [5, 5.41) is 4.33. The van der Waals surface area contributed by atoms with E-state index in [1.807, 2.05) is 12.1 Å². The normalized spacial score (nSPS) is 12.4. The van der Waals surface area contributed by atoms with E-state index in [9.17, 15) is 9.59 Å². The van der Waals surface area contributed by atoms with E-state index in [0.29, 0.717) is 10.8 Å². The summed E-state index contributed by atoms with van der Waals surface area (Å²) in [6.45, 7) is 7.05. The fourth-order valence-corrected chi connectivity index (χ4v) is 3.18. The number of nitrogens with zero attached hydrogens (tertiary/aromatic N) is 1. The molecule has 1 N–H and O–H groups in total. The Balaban J connectivity index is 1.78. The lowest BCUT2D eigenvalue weighted by molar-refractivity contribution is -0.157. The minimum atomic E-state index is -0.546. The maximum Gasteiger partial charge on any atom is 0.344 e. The van der Waals surface area contributed by atoms with Gasteiger partial charge in [-0.05, 0) is 81.8 Å². The van der Waals surface area contributed by atoms with Crippen LogP contribution in [0.5, 0.6) is 5.75 Å². The SMILES string of the molecule is C[C@@H](Sc1ccc(Cl)cc1)C(=O)N/N=C\c1ccc(OCC(=O)OC(C)(C)C)cc1. The largest absolute Gasteiger partial charge is 0.482 e. The fraction of sp³-hybridized carbons (Fsp3) is 0.318. The van der Waals surface area contributed by atoms with Gasteiger partial charge < -0.3 is 9.47 Å². The molecule has 6 nitrogen and oxygen atoms in total. The zero-order chi connectivity index (χ0) is 22.1. The van der Waals surface area contributed by atoms with Crippen LogP contribution in [0.4, 0.5) is 0 Å². The first-order valence-electron chi connectivity index (χ1n) is 9.32. The van der Waals surface area contributed by atoms with Crippen LogP contribution in [-0.2, 0) is 14.3 Å². The van der Waals surface area contributed by atoms with Crippen molar-refractivity contribution in [1.29, 1.82) is 0 Å². The Hall–Kier alpha value is -2.51. The molecule has 0 unspecified atom stereocenters. The quantitative estimate of drug-likeness (QED) is 0.274. The molecule has 0 bridgehead atoms. The number of benzene rings is 2. The lowest BCUT2D eigenvalue weighted by Gasteiger charge is -2.19. The van der Waals surface area contributed by atoms with Gasteiger partial charge in [-0.2, -0.15) is 5.10 Å². The third kappa shape index (κ3) is 8.88. The Morgan fingerprint density at radius 2 is 1.77 bits per heavy atom. The van der Waals surface area contributed by atoms with Crippen molar-refractivity contribution in [2.45, 2.75) is 43.4 Å². The third-order valence-electron chi connectivity index (χ3n) is 3.54. The van der Waals surface area contributed by atoms with Gasteiger partial charge in [0.15, 0.2) is 6.61 Å². The first-order valence-corrected chi connectivity index (χ1v) is 10.6. The zero-order valence-electron chi connectivity index (χ0n) is 17.3. The second-order valence-corrected chi connectivity index (χ2v) is 9.24. The lowest BCUT2D eigenvalue weighted by atomic mass is 10.2. The fourth-order valence-electron chi connectivity index (χ4n) is 2.20. The van der Waals surface area contributed by atoms with Crippen LogP contribution < -0.4 is 10.2 Å². The van der Waals surface area contributed by atoms with E-state index < -0.39 is 11.6 Å². The predicted octanol–water partition coefficient (Wildman–Crippen LogP) is 4.69. The summed E-state index contributed by atoms with van der Waals surface area (Å²) >= 11 is 7.29. The summed E-state index contributed by atoms with van der Waals surface area (Å²) < 4.78 is 10.6. The van der Waals surface area contributed by atoms with Crippen molar-refractivity contribution in [3.05, 3.63) is 59.1 Å². The first-order chi connectivity index (χ1) is 14.1. The average molecular weight is 449 g/mol. The smallest absolute Gasteiger partial charge is 0.344 e. The van der Waals surface area contributed by atoms with Gasteiger partial charge in [0.2, 0.25) is 0 Å². The van der Waals surface area contributed by atoms with Crippen molar-refractivity contribution >= 4 is 41.5 Å². The Morgan fingerprint density at radius 1 is 1.13 bits per heavy atom. The molecule has 160 valence electrons. The van der Waals surface area contributed by atoms with Gasteiger partial charge >= 0.3 is 5.97 Å². The lowest BCUT2D eigenvalue weighted by Crippen LogP contribution is -2.27. The number of hydrogen-bond donors (Lipinski definition) is 1. The number of ether oxygens (including phenoxy) is 2. The van der Waals surface area contributed by atoms with Crippen LogP contribution in [0.25, 0.3) is 0 Å². The topological polar surface area (TPSA) is 77.0 Å². The maximum absolute atomic E-state index is 12.2. The van der Waals surface area contributed by atoms with Gasteiger partial charge in [-0.15, -0.1) is 11.8 Å². The molecule has 0 aliphatic heterocycles. The summed E-state index contributed by atoms with van der Waals surface area (Å²) in [4.78, 5) is 24.8. The van der Waals surface area contributed by atoms with Crippen LogP contribution in [0.2, 0.25) is 5.02 Å². The Kier molecular flexibility index (Phi) is 8.74. The van der Waals surface area contributed by atoms with Crippen LogP contribution in [0.15, 0.2) is 58.5 Å². The Morgan fingerprint density at radius 3 is 2.37 bits per heavy atom. The highest BCUT2D eigenvalue weighted by Gasteiger charge is 2.16. The highest BCUT2D eigenvalue weighted by Crippen LogP contribution is 2.24. The van der Waals surface area contributed by atoms with E-state index in [2.05, 4.69) is 10.5 Å². The molecule has 0 aliphatic carbocycles. The predicted molar refractivity (Wildman–Crippen MR) is 120 cm³/mol. The summed E-state index contributed by atoms with van der Waals surface area (Å²) in [6.07, 6.45) is 1.54. The number of nitrogens with one attached hydrogen (secondary N) is 1. The number of carbonyl (C=O) groups excluding carboxylic acids is 2. The highest BCUT2D eigenvalue weighted by atomic mass is 35.5. The molecule has 2 aromatic rings.